The quantitative estimate of drug-likeness (QED) is 0.148. The van der Waals surface area contributed by atoms with E-state index in [1.165, 1.54) is 11.8 Å². The molecular weight excluding hydrogens is 542 g/mol. The van der Waals surface area contributed by atoms with Crippen molar-refractivity contribution in [3.05, 3.63) is 130 Å². The lowest BCUT2D eigenvalue weighted by molar-refractivity contribution is -0.114. The monoisotopic (exact) mass is 569 g/mol. The highest BCUT2D eigenvalue weighted by atomic mass is 35.5. The molecule has 0 fully saturated rings. The van der Waals surface area contributed by atoms with Crippen molar-refractivity contribution in [2.75, 3.05) is 16.4 Å². The van der Waals surface area contributed by atoms with Crippen LogP contribution in [-0.4, -0.2) is 23.5 Å². The van der Waals surface area contributed by atoms with Crippen LogP contribution in [0.1, 0.15) is 27.0 Å². The third kappa shape index (κ3) is 8.09. The molecule has 0 aliphatic heterocycles. The van der Waals surface area contributed by atoms with Crippen molar-refractivity contribution in [3.8, 4) is 0 Å². The molecule has 3 amide bonds. The normalized spacial score (nSPS) is 11.0. The molecule has 0 unspecified atom stereocenters. The fraction of sp³-hybridized carbons (Fsp3) is 0.0938. The minimum atomic E-state index is -0.456. The molecule has 4 aromatic carbocycles. The van der Waals surface area contributed by atoms with Crippen molar-refractivity contribution in [1.29, 1.82) is 0 Å². The number of hydrogen-bond donors (Lipinski definition) is 3. The summed E-state index contributed by atoms with van der Waals surface area (Å²) in [6.07, 6.45) is 1.65. The van der Waals surface area contributed by atoms with E-state index in [-0.39, 0.29) is 23.3 Å². The largest absolute Gasteiger partial charge is 0.325 e. The summed E-state index contributed by atoms with van der Waals surface area (Å²) >= 11 is 7.50. The highest BCUT2D eigenvalue weighted by Crippen LogP contribution is 2.25. The summed E-state index contributed by atoms with van der Waals surface area (Å²) in [5.41, 5.74) is 4.44. The minimum absolute atomic E-state index is 0.117. The molecule has 8 heteroatoms. The van der Waals surface area contributed by atoms with Crippen LogP contribution in [0.15, 0.2) is 108 Å². The molecule has 0 aliphatic carbocycles. The minimum Gasteiger partial charge on any atom is -0.325 e. The Balaban J connectivity index is 1.41. The van der Waals surface area contributed by atoms with Crippen LogP contribution in [0.3, 0.4) is 0 Å². The molecule has 4 rings (SSSR count). The van der Waals surface area contributed by atoms with E-state index in [0.29, 0.717) is 22.0 Å². The van der Waals surface area contributed by atoms with Crippen LogP contribution in [0.5, 0.6) is 0 Å². The summed E-state index contributed by atoms with van der Waals surface area (Å²) in [4.78, 5) is 39.3. The molecule has 0 saturated heterocycles. The molecule has 0 atom stereocenters. The van der Waals surface area contributed by atoms with Gasteiger partial charge in [0, 0.05) is 26.9 Å². The first-order chi connectivity index (χ1) is 19.3. The third-order valence-corrected chi connectivity index (χ3v) is 7.33. The standard InChI is InChI=1S/C32H28ClN3O3S/c1-21-8-6-9-23(18-21)19-29(36-31(38)24-10-4-3-5-11-24)32(39)34-25-14-16-26(17-15-25)40-20-30(37)35-28-13-7-12-27(33)22(28)2/h3-19H,20H2,1-2H3,(H,34,39)(H,35,37)(H,36,38)/b29-19-. The van der Waals surface area contributed by atoms with Gasteiger partial charge in [-0.15, -0.1) is 11.8 Å². The summed E-state index contributed by atoms with van der Waals surface area (Å²) in [6, 6.07) is 28.9. The van der Waals surface area contributed by atoms with Crippen LogP contribution < -0.4 is 16.0 Å². The van der Waals surface area contributed by atoms with E-state index in [1.54, 1.807) is 54.6 Å². The van der Waals surface area contributed by atoms with Crippen molar-refractivity contribution in [2.24, 2.45) is 0 Å². The van der Waals surface area contributed by atoms with Gasteiger partial charge < -0.3 is 16.0 Å². The van der Waals surface area contributed by atoms with E-state index < -0.39 is 5.91 Å². The number of nitrogens with one attached hydrogen (secondary N) is 3. The SMILES string of the molecule is Cc1cccc(/C=C(\NC(=O)c2ccccc2)C(=O)Nc2ccc(SCC(=O)Nc3cccc(Cl)c3C)cc2)c1. The van der Waals surface area contributed by atoms with Gasteiger partial charge in [0.25, 0.3) is 11.8 Å². The molecule has 0 saturated carbocycles. The average molecular weight is 570 g/mol. The Morgan fingerprint density at radius 3 is 2.27 bits per heavy atom. The first kappa shape index (κ1) is 28.7. The molecule has 6 nitrogen and oxygen atoms in total. The molecular formula is C32H28ClN3O3S. The number of amides is 3. The topological polar surface area (TPSA) is 87.3 Å². The van der Waals surface area contributed by atoms with Gasteiger partial charge in [-0.2, -0.15) is 0 Å². The van der Waals surface area contributed by atoms with Crippen molar-refractivity contribution in [2.45, 2.75) is 18.7 Å². The van der Waals surface area contributed by atoms with Crippen molar-refractivity contribution < 1.29 is 14.4 Å². The highest BCUT2D eigenvalue weighted by Gasteiger charge is 2.15. The predicted molar refractivity (Wildman–Crippen MR) is 164 cm³/mol. The molecule has 0 aliphatic rings. The Morgan fingerprint density at radius 1 is 0.825 bits per heavy atom. The summed E-state index contributed by atoms with van der Waals surface area (Å²) in [7, 11) is 0. The van der Waals surface area contributed by atoms with Gasteiger partial charge in [0.15, 0.2) is 0 Å². The Bertz CT molecular complexity index is 1550. The van der Waals surface area contributed by atoms with Crippen LogP contribution >= 0.6 is 23.4 Å². The zero-order valence-corrected chi connectivity index (χ0v) is 23.6. The second kappa shape index (κ2) is 13.6. The number of halogens is 1. The summed E-state index contributed by atoms with van der Waals surface area (Å²) < 4.78 is 0. The second-order valence-corrected chi connectivity index (χ2v) is 10.5. The van der Waals surface area contributed by atoms with Gasteiger partial charge in [0.2, 0.25) is 5.91 Å². The maximum Gasteiger partial charge on any atom is 0.272 e. The average Bonchev–Trinajstić information content (AvgIpc) is 2.95. The van der Waals surface area contributed by atoms with E-state index in [1.807, 2.05) is 62.4 Å². The Hall–Kier alpha value is -4.33. The number of anilines is 2. The van der Waals surface area contributed by atoms with E-state index in [2.05, 4.69) is 16.0 Å². The molecule has 0 radical (unpaired) electrons. The number of rotatable bonds is 9. The Morgan fingerprint density at radius 2 is 1.55 bits per heavy atom. The van der Waals surface area contributed by atoms with Gasteiger partial charge in [0.1, 0.15) is 5.70 Å². The van der Waals surface area contributed by atoms with Crippen LogP contribution in [0.25, 0.3) is 6.08 Å². The first-order valence-corrected chi connectivity index (χ1v) is 13.9. The lowest BCUT2D eigenvalue weighted by atomic mass is 10.1. The lowest BCUT2D eigenvalue weighted by Crippen LogP contribution is -2.30. The molecule has 0 bridgehead atoms. The second-order valence-electron chi connectivity index (χ2n) is 9.02. The fourth-order valence-corrected chi connectivity index (χ4v) is 4.65. The van der Waals surface area contributed by atoms with Gasteiger partial charge in [-0.1, -0.05) is 65.7 Å². The van der Waals surface area contributed by atoms with Crippen LogP contribution in [0.2, 0.25) is 5.02 Å². The predicted octanol–water partition coefficient (Wildman–Crippen LogP) is 7.10. The van der Waals surface area contributed by atoms with E-state index in [9.17, 15) is 14.4 Å². The highest BCUT2D eigenvalue weighted by molar-refractivity contribution is 8.00. The van der Waals surface area contributed by atoms with Crippen molar-refractivity contribution in [1.82, 2.24) is 5.32 Å². The zero-order chi connectivity index (χ0) is 28.5. The third-order valence-electron chi connectivity index (χ3n) is 5.91. The van der Waals surface area contributed by atoms with E-state index >= 15 is 0 Å². The zero-order valence-electron chi connectivity index (χ0n) is 22.0. The fourth-order valence-electron chi connectivity index (χ4n) is 3.78. The number of carbonyl (C=O) groups excluding carboxylic acids is 3. The number of thioether (sulfide) groups is 1. The van der Waals surface area contributed by atoms with Crippen LogP contribution in [-0.2, 0) is 9.59 Å². The number of hydrogen-bond acceptors (Lipinski definition) is 4. The first-order valence-electron chi connectivity index (χ1n) is 12.5. The molecule has 0 heterocycles. The summed E-state index contributed by atoms with van der Waals surface area (Å²) in [5, 5.41) is 9.07. The number of aryl methyl sites for hydroxylation is 1. The Labute approximate surface area is 242 Å². The lowest BCUT2D eigenvalue weighted by Gasteiger charge is -2.12. The van der Waals surface area contributed by atoms with Gasteiger partial charge in [0.05, 0.1) is 5.75 Å². The molecule has 0 aromatic heterocycles. The van der Waals surface area contributed by atoms with Gasteiger partial charge in [-0.3, -0.25) is 14.4 Å². The van der Waals surface area contributed by atoms with Gasteiger partial charge in [-0.05, 0) is 79.6 Å². The van der Waals surface area contributed by atoms with E-state index in [4.69, 9.17) is 11.6 Å². The molecule has 40 heavy (non-hydrogen) atoms. The van der Waals surface area contributed by atoms with Crippen LogP contribution in [0, 0.1) is 13.8 Å². The maximum atomic E-state index is 13.2. The Kier molecular flexibility index (Phi) is 9.78. The molecule has 202 valence electrons. The molecule has 4 aromatic rings. The summed E-state index contributed by atoms with van der Waals surface area (Å²) in [5.74, 6) is -0.769. The summed E-state index contributed by atoms with van der Waals surface area (Å²) in [6.45, 7) is 3.81. The van der Waals surface area contributed by atoms with Crippen molar-refractivity contribution in [3.63, 3.8) is 0 Å². The smallest absolute Gasteiger partial charge is 0.272 e. The number of carbonyl (C=O) groups is 3. The van der Waals surface area contributed by atoms with Crippen LogP contribution in [0.4, 0.5) is 11.4 Å². The molecule has 3 N–H and O–H groups in total. The number of benzene rings is 4. The van der Waals surface area contributed by atoms with Gasteiger partial charge >= 0.3 is 0 Å². The molecule has 0 spiro atoms. The van der Waals surface area contributed by atoms with Crippen molar-refractivity contribution >= 4 is 58.5 Å². The van der Waals surface area contributed by atoms with E-state index in [0.717, 1.165) is 21.6 Å². The van der Waals surface area contributed by atoms with Gasteiger partial charge in [-0.25, -0.2) is 0 Å². The maximum absolute atomic E-state index is 13.2.